The van der Waals surface area contributed by atoms with Crippen LogP contribution < -0.4 is 10.5 Å². The summed E-state index contributed by atoms with van der Waals surface area (Å²) in [5.74, 6) is -1.39. The molecule has 0 unspecified atom stereocenters. The smallest absolute Gasteiger partial charge is 0.406 e. The number of alkyl halides is 3. The highest BCUT2D eigenvalue weighted by Crippen LogP contribution is 2.28. The Morgan fingerprint density at radius 3 is 2.29 bits per heavy atom. The number of hydrogen-bond donors (Lipinski definition) is 2. The summed E-state index contributed by atoms with van der Waals surface area (Å²) in [7, 11) is 0. The van der Waals surface area contributed by atoms with E-state index >= 15 is 0 Å². The fourth-order valence-electron chi connectivity index (χ4n) is 2.16. The Morgan fingerprint density at radius 1 is 1.08 bits per heavy atom. The molecule has 24 heavy (non-hydrogen) atoms. The van der Waals surface area contributed by atoms with E-state index < -0.39 is 30.1 Å². The second-order valence-corrected chi connectivity index (χ2v) is 5.01. The molecule has 3 nitrogen and oxygen atoms in total. The topological polar surface area (TPSA) is 55.5 Å². The first-order valence-electron chi connectivity index (χ1n) is 6.79. The van der Waals surface area contributed by atoms with E-state index in [1.54, 1.807) is 30.3 Å². The quantitative estimate of drug-likeness (QED) is 0.793. The fourth-order valence-corrected chi connectivity index (χ4v) is 2.16. The number of rotatable bonds is 5. The van der Waals surface area contributed by atoms with Crippen LogP contribution in [0.4, 0.5) is 17.6 Å². The minimum absolute atomic E-state index is 0. The Balaban J connectivity index is 0.00000288. The molecule has 0 radical (unpaired) electrons. The highest BCUT2D eigenvalue weighted by Gasteiger charge is 2.32. The molecule has 0 aromatic heterocycles. The van der Waals surface area contributed by atoms with Crippen LogP contribution in [-0.4, -0.2) is 17.6 Å². The molecule has 2 aromatic rings. The summed E-state index contributed by atoms with van der Waals surface area (Å²) in [4.78, 5) is 0. The number of benzene rings is 2. The summed E-state index contributed by atoms with van der Waals surface area (Å²) < 4.78 is 54.2. The van der Waals surface area contributed by atoms with Crippen molar-refractivity contribution in [3.8, 4) is 5.75 Å². The van der Waals surface area contributed by atoms with Gasteiger partial charge in [0.15, 0.2) is 0 Å². The second kappa shape index (κ2) is 8.32. The third-order valence-electron chi connectivity index (χ3n) is 3.26. The number of halogens is 5. The van der Waals surface area contributed by atoms with Gasteiger partial charge >= 0.3 is 6.36 Å². The molecule has 132 valence electrons. The predicted octanol–water partition coefficient (Wildman–Crippen LogP) is 3.75. The molecule has 0 spiro atoms. The van der Waals surface area contributed by atoms with E-state index in [9.17, 15) is 22.7 Å². The standard InChI is InChI=1S/C16H15F4NO2.ClH/c17-13-7-6-11(23-16(18,19)20)9-12(13)15(21)14(22)8-10-4-2-1-3-5-10;/h1-7,9,14-15,22H,8,21H2;1H/t14-,15+;/m0./s1. The van der Waals surface area contributed by atoms with Crippen LogP contribution in [0.3, 0.4) is 0 Å². The minimum atomic E-state index is -4.89. The Morgan fingerprint density at radius 2 is 1.71 bits per heavy atom. The van der Waals surface area contributed by atoms with Gasteiger partial charge in [0, 0.05) is 12.0 Å². The van der Waals surface area contributed by atoms with Crippen molar-refractivity contribution in [2.45, 2.75) is 24.9 Å². The van der Waals surface area contributed by atoms with Gasteiger partial charge in [0.1, 0.15) is 11.6 Å². The average molecular weight is 366 g/mol. The molecule has 0 aliphatic rings. The van der Waals surface area contributed by atoms with Crippen LogP contribution in [0.15, 0.2) is 48.5 Å². The van der Waals surface area contributed by atoms with Crippen LogP contribution in [0.2, 0.25) is 0 Å². The molecule has 0 saturated carbocycles. The molecule has 2 rings (SSSR count). The van der Waals surface area contributed by atoms with Crippen LogP contribution in [-0.2, 0) is 6.42 Å². The van der Waals surface area contributed by atoms with Crippen molar-refractivity contribution >= 4 is 12.4 Å². The summed E-state index contributed by atoms with van der Waals surface area (Å²) in [5.41, 5.74) is 6.33. The van der Waals surface area contributed by atoms with E-state index in [1.807, 2.05) is 0 Å². The van der Waals surface area contributed by atoms with Gasteiger partial charge in [-0.1, -0.05) is 30.3 Å². The summed E-state index contributed by atoms with van der Waals surface area (Å²) in [5, 5.41) is 10.1. The van der Waals surface area contributed by atoms with Gasteiger partial charge in [-0.15, -0.1) is 25.6 Å². The molecule has 0 heterocycles. The van der Waals surface area contributed by atoms with E-state index in [-0.39, 0.29) is 24.4 Å². The lowest BCUT2D eigenvalue weighted by molar-refractivity contribution is -0.274. The van der Waals surface area contributed by atoms with Gasteiger partial charge in [0.25, 0.3) is 0 Å². The summed E-state index contributed by atoms with van der Waals surface area (Å²) >= 11 is 0. The third-order valence-corrected chi connectivity index (χ3v) is 3.26. The lowest BCUT2D eigenvalue weighted by Gasteiger charge is -2.21. The Labute approximate surface area is 142 Å². The maximum atomic E-state index is 13.8. The van der Waals surface area contributed by atoms with Crippen LogP contribution in [0.1, 0.15) is 17.2 Å². The van der Waals surface area contributed by atoms with E-state index in [1.165, 1.54) is 0 Å². The number of nitrogens with two attached hydrogens (primary N) is 1. The van der Waals surface area contributed by atoms with Crippen LogP contribution >= 0.6 is 12.4 Å². The van der Waals surface area contributed by atoms with Crippen LogP contribution in [0.25, 0.3) is 0 Å². The highest BCUT2D eigenvalue weighted by molar-refractivity contribution is 5.85. The van der Waals surface area contributed by atoms with Gasteiger partial charge < -0.3 is 15.6 Å². The summed E-state index contributed by atoms with van der Waals surface area (Å²) in [6.45, 7) is 0. The predicted molar refractivity (Wildman–Crippen MR) is 83.4 cm³/mol. The van der Waals surface area contributed by atoms with Crippen molar-refractivity contribution in [2.24, 2.45) is 5.73 Å². The summed E-state index contributed by atoms with van der Waals surface area (Å²) in [6.07, 6.45) is -5.90. The Bertz CT molecular complexity index is 652. The molecular weight excluding hydrogens is 350 g/mol. The van der Waals surface area contributed by atoms with Gasteiger partial charge in [0.05, 0.1) is 12.1 Å². The lowest BCUT2D eigenvalue weighted by atomic mass is 9.96. The van der Waals surface area contributed by atoms with Crippen molar-refractivity contribution in [3.63, 3.8) is 0 Å². The highest BCUT2D eigenvalue weighted by atomic mass is 35.5. The SMILES string of the molecule is Cl.N[C@H](c1cc(OC(F)(F)F)ccc1F)[C@@H](O)Cc1ccccc1. The maximum Gasteiger partial charge on any atom is 0.573 e. The fraction of sp³-hybridized carbons (Fsp3) is 0.250. The zero-order chi connectivity index (χ0) is 17.0. The molecule has 2 aromatic carbocycles. The van der Waals surface area contributed by atoms with Gasteiger partial charge in [-0.05, 0) is 23.8 Å². The zero-order valence-corrected chi connectivity index (χ0v) is 13.2. The third kappa shape index (κ3) is 5.67. The Kier molecular flexibility index (Phi) is 7.01. The van der Waals surface area contributed by atoms with Gasteiger partial charge in [-0.2, -0.15) is 0 Å². The van der Waals surface area contributed by atoms with Crippen molar-refractivity contribution in [3.05, 3.63) is 65.5 Å². The Hall–Kier alpha value is -1.83. The second-order valence-electron chi connectivity index (χ2n) is 5.01. The van der Waals surface area contributed by atoms with Crippen LogP contribution in [0.5, 0.6) is 5.75 Å². The molecule has 0 saturated heterocycles. The molecule has 0 bridgehead atoms. The molecule has 0 aliphatic heterocycles. The first-order valence-corrected chi connectivity index (χ1v) is 6.79. The van der Waals surface area contributed by atoms with Crippen molar-refractivity contribution in [1.29, 1.82) is 0 Å². The zero-order valence-electron chi connectivity index (χ0n) is 12.3. The number of aliphatic hydroxyl groups is 1. The first kappa shape index (κ1) is 20.2. The molecule has 3 N–H and O–H groups in total. The monoisotopic (exact) mass is 365 g/mol. The number of hydrogen-bond acceptors (Lipinski definition) is 3. The van der Waals surface area contributed by atoms with Crippen molar-refractivity contribution in [1.82, 2.24) is 0 Å². The molecular formula is C16H16ClF4NO2. The van der Waals surface area contributed by atoms with Gasteiger partial charge in [-0.3, -0.25) is 0 Å². The average Bonchev–Trinajstić information content (AvgIpc) is 2.48. The molecule has 2 atom stereocenters. The molecule has 0 aliphatic carbocycles. The maximum absolute atomic E-state index is 13.8. The normalized spacial score (nSPS) is 13.8. The van der Waals surface area contributed by atoms with Crippen LogP contribution in [0, 0.1) is 5.82 Å². The number of ether oxygens (including phenoxy) is 1. The van der Waals surface area contributed by atoms with Gasteiger partial charge in [-0.25, -0.2) is 4.39 Å². The lowest BCUT2D eigenvalue weighted by Crippen LogP contribution is -2.29. The first-order chi connectivity index (χ1) is 10.8. The minimum Gasteiger partial charge on any atom is -0.406 e. The largest absolute Gasteiger partial charge is 0.573 e. The number of aliphatic hydroxyl groups excluding tert-OH is 1. The molecule has 8 heteroatoms. The molecule has 0 amide bonds. The van der Waals surface area contributed by atoms with E-state index in [2.05, 4.69) is 4.74 Å². The van der Waals surface area contributed by atoms with Gasteiger partial charge in [0.2, 0.25) is 0 Å². The van der Waals surface area contributed by atoms with E-state index in [0.717, 1.165) is 23.8 Å². The van der Waals surface area contributed by atoms with Crippen molar-refractivity contribution < 1.29 is 27.4 Å². The molecule has 0 fully saturated rings. The van der Waals surface area contributed by atoms with E-state index in [0.29, 0.717) is 0 Å². The van der Waals surface area contributed by atoms with E-state index in [4.69, 9.17) is 5.73 Å². The summed E-state index contributed by atoms with van der Waals surface area (Å²) in [6, 6.07) is 10.2. The van der Waals surface area contributed by atoms with Crippen molar-refractivity contribution in [2.75, 3.05) is 0 Å².